The quantitative estimate of drug-likeness (QED) is 0.605. The summed E-state index contributed by atoms with van der Waals surface area (Å²) in [4.78, 5) is 20.7. The van der Waals surface area contributed by atoms with Gasteiger partial charge in [-0.3, -0.25) is 0 Å². The van der Waals surface area contributed by atoms with Gasteiger partial charge in [0, 0.05) is 11.8 Å². The summed E-state index contributed by atoms with van der Waals surface area (Å²) in [6.07, 6.45) is -1.50. The first kappa shape index (κ1) is 20.3. The number of carbonyl (C=O) groups is 1. The molecule has 0 spiro atoms. The van der Waals surface area contributed by atoms with Gasteiger partial charge in [-0.25, -0.2) is 9.78 Å². The number of aliphatic carboxylic acids is 1. The van der Waals surface area contributed by atoms with Crippen LogP contribution in [-0.4, -0.2) is 46.0 Å². The van der Waals surface area contributed by atoms with Crippen molar-refractivity contribution in [1.29, 1.82) is 0 Å². The fraction of sp³-hybridized carbons (Fsp3) is 0.227. The van der Waals surface area contributed by atoms with Crippen molar-refractivity contribution in [2.24, 2.45) is 0 Å². The number of benzene rings is 2. The zero-order valence-electron chi connectivity index (χ0n) is 16.1. The van der Waals surface area contributed by atoms with E-state index in [1.165, 1.54) is 7.11 Å². The minimum absolute atomic E-state index is 0.140. The molecule has 1 heterocycles. The first-order valence-corrected chi connectivity index (χ1v) is 9.02. The van der Waals surface area contributed by atoms with Gasteiger partial charge in [-0.2, -0.15) is 4.98 Å². The van der Waals surface area contributed by atoms with Crippen LogP contribution in [0, 0.1) is 6.92 Å². The fourth-order valence-electron chi connectivity index (χ4n) is 3.34. The van der Waals surface area contributed by atoms with Crippen LogP contribution in [-0.2, 0) is 10.2 Å². The van der Waals surface area contributed by atoms with Gasteiger partial charge in [0.05, 0.1) is 19.1 Å². The zero-order chi connectivity index (χ0) is 20.9. The molecule has 3 rings (SSSR count). The molecule has 3 aromatic rings. The van der Waals surface area contributed by atoms with E-state index >= 15 is 0 Å². The molecule has 2 N–H and O–H groups in total. The Bertz CT molecular complexity index is 924. The summed E-state index contributed by atoms with van der Waals surface area (Å²) >= 11 is 0. The predicted octanol–water partition coefficient (Wildman–Crippen LogP) is 2.60. The third-order valence-electron chi connectivity index (χ3n) is 4.74. The van der Waals surface area contributed by atoms with Crippen molar-refractivity contribution in [2.75, 3.05) is 13.7 Å². The Morgan fingerprint density at radius 2 is 1.59 bits per heavy atom. The molecule has 1 atom stereocenters. The number of carboxylic acids is 1. The minimum atomic E-state index is -1.50. The average molecular weight is 394 g/mol. The highest BCUT2D eigenvalue weighted by Gasteiger charge is 2.48. The van der Waals surface area contributed by atoms with Gasteiger partial charge in [-0.05, 0) is 18.1 Å². The fourth-order valence-corrected chi connectivity index (χ4v) is 3.34. The molecule has 0 aliphatic heterocycles. The molecule has 150 valence electrons. The third-order valence-corrected chi connectivity index (χ3v) is 4.74. The maximum absolute atomic E-state index is 12.4. The summed E-state index contributed by atoms with van der Waals surface area (Å²) in [5.41, 5.74) is 0.376. The van der Waals surface area contributed by atoms with Gasteiger partial charge in [0.15, 0.2) is 0 Å². The predicted molar refractivity (Wildman–Crippen MR) is 106 cm³/mol. The van der Waals surface area contributed by atoms with E-state index in [1.54, 1.807) is 61.5 Å². The highest BCUT2D eigenvalue weighted by molar-refractivity contribution is 5.77. The molecule has 0 bridgehead atoms. The number of aryl methyl sites for hydroxylation is 1. The Hall–Kier alpha value is -3.45. The number of aromatic nitrogens is 2. The number of ether oxygens (including phenoxy) is 2. The topological polar surface area (TPSA) is 102 Å². The normalized spacial score (nSPS) is 12.2. The van der Waals surface area contributed by atoms with Crippen LogP contribution >= 0.6 is 0 Å². The van der Waals surface area contributed by atoms with Crippen LogP contribution in [0.5, 0.6) is 11.9 Å². The summed E-state index contributed by atoms with van der Waals surface area (Å²) in [6.45, 7) is 1.22. The molecule has 0 unspecified atom stereocenters. The second-order valence-electron chi connectivity index (χ2n) is 6.53. The Kier molecular flexibility index (Phi) is 6.09. The van der Waals surface area contributed by atoms with E-state index < -0.39 is 24.1 Å². The molecule has 0 saturated heterocycles. The maximum atomic E-state index is 12.4. The van der Waals surface area contributed by atoms with E-state index in [4.69, 9.17) is 9.47 Å². The summed E-state index contributed by atoms with van der Waals surface area (Å²) < 4.78 is 10.9. The third kappa shape index (κ3) is 4.05. The van der Waals surface area contributed by atoms with Gasteiger partial charge < -0.3 is 19.7 Å². The summed E-state index contributed by atoms with van der Waals surface area (Å²) in [7, 11) is 1.45. The highest BCUT2D eigenvalue weighted by atomic mass is 16.5. The standard InChI is InChI=1S/C22H22N2O5/c1-15-13-18(28-2)24-21(23-15)29-19(20(26)27)22(14-25,16-9-5-3-6-10-16)17-11-7-4-8-12-17/h3-13,19,25H,14H2,1-2H3,(H,26,27)/t19-/m1/s1. The number of carboxylic acid groups (broad SMARTS) is 1. The van der Waals surface area contributed by atoms with E-state index in [1.807, 2.05) is 12.1 Å². The van der Waals surface area contributed by atoms with E-state index in [0.717, 1.165) is 0 Å². The molecular formula is C22H22N2O5. The molecule has 7 nitrogen and oxygen atoms in total. The molecule has 0 saturated carbocycles. The molecule has 1 aromatic heterocycles. The van der Waals surface area contributed by atoms with Crippen molar-refractivity contribution in [2.45, 2.75) is 18.4 Å². The molecule has 0 amide bonds. The summed E-state index contributed by atoms with van der Waals surface area (Å²) in [6, 6.07) is 19.3. The Balaban J connectivity index is 2.18. The average Bonchev–Trinajstić information content (AvgIpc) is 2.75. The lowest BCUT2D eigenvalue weighted by molar-refractivity contribution is -0.149. The first-order valence-electron chi connectivity index (χ1n) is 9.02. The first-order chi connectivity index (χ1) is 14.0. The van der Waals surface area contributed by atoms with E-state index in [2.05, 4.69) is 9.97 Å². The van der Waals surface area contributed by atoms with Crippen LogP contribution in [0.3, 0.4) is 0 Å². The number of hydrogen-bond donors (Lipinski definition) is 2. The molecule has 0 fully saturated rings. The Morgan fingerprint density at radius 1 is 1.03 bits per heavy atom. The summed E-state index contributed by atoms with van der Waals surface area (Å²) in [5.74, 6) is -0.999. The monoisotopic (exact) mass is 394 g/mol. The number of methoxy groups -OCH3 is 1. The van der Waals surface area contributed by atoms with E-state index in [-0.39, 0.29) is 11.9 Å². The molecule has 0 aliphatic rings. The zero-order valence-corrected chi connectivity index (χ0v) is 16.1. The summed E-state index contributed by atoms with van der Waals surface area (Å²) in [5, 5.41) is 20.6. The van der Waals surface area contributed by atoms with Gasteiger partial charge in [0.1, 0.15) is 0 Å². The minimum Gasteiger partial charge on any atom is -0.481 e. The van der Waals surface area contributed by atoms with Crippen molar-refractivity contribution in [3.8, 4) is 11.9 Å². The van der Waals surface area contributed by atoms with E-state index in [9.17, 15) is 15.0 Å². The van der Waals surface area contributed by atoms with Crippen LogP contribution < -0.4 is 9.47 Å². The molecule has 7 heteroatoms. The SMILES string of the molecule is COc1cc(C)nc(O[C@H](C(=O)O)C(CO)(c2ccccc2)c2ccccc2)n1. The largest absolute Gasteiger partial charge is 0.481 e. The molecule has 0 aliphatic carbocycles. The van der Waals surface area contributed by atoms with Gasteiger partial charge in [-0.1, -0.05) is 60.7 Å². The number of hydrogen-bond acceptors (Lipinski definition) is 6. The van der Waals surface area contributed by atoms with Crippen LogP contribution in [0.1, 0.15) is 16.8 Å². The Morgan fingerprint density at radius 3 is 2.03 bits per heavy atom. The maximum Gasteiger partial charge on any atom is 0.346 e. The second-order valence-corrected chi connectivity index (χ2v) is 6.53. The van der Waals surface area contributed by atoms with Gasteiger partial charge in [0.25, 0.3) is 0 Å². The number of aliphatic hydroxyl groups is 1. The van der Waals surface area contributed by atoms with Gasteiger partial charge in [-0.15, -0.1) is 0 Å². The lowest BCUT2D eigenvalue weighted by Crippen LogP contribution is -2.52. The second kappa shape index (κ2) is 8.70. The highest BCUT2D eigenvalue weighted by Crippen LogP contribution is 2.37. The molecular weight excluding hydrogens is 372 g/mol. The number of nitrogens with zero attached hydrogens (tertiary/aromatic N) is 2. The molecule has 0 radical (unpaired) electrons. The molecule has 29 heavy (non-hydrogen) atoms. The number of aliphatic hydroxyl groups excluding tert-OH is 1. The van der Waals surface area contributed by atoms with Crippen LogP contribution in [0.25, 0.3) is 0 Å². The van der Waals surface area contributed by atoms with Crippen molar-refractivity contribution < 1.29 is 24.5 Å². The molecule has 2 aromatic carbocycles. The lowest BCUT2D eigenvalue weighted by atomic mass is 9.70. The van der Waals surface area contributed by atoms with Crippen LogP contribution in [0.2, 0.25) is 0 Å². The van der Waals surface area contributed by atoms with Crippen molar-refractivity contribution in [3.05, 3.63) is 83.6 Å². The van der Waals surface area contributed by atoms with Gasteiger partial charge in [0.2, 0.25) is 12.0 Å². The Labute approximate surface area is 168 Å². The smallest absolute Gasteiger partial charge is 0.346 e. The lowest BCUT2D eigenvalue weighted by Gasteiger charge is -2.37. The van der Waals surface area contributed by atoms with Crippen molar-refractivity contribution in [1.82, 2.24) is 9.97 Å². The van der Waals surface area contributed by atoms with E-state index in [0.29, 0.717) is 16.8 Å². The number of rotatable bonds is 8. The van der Waals surface area contributed by atoms with Gasteiger partial charge >= 0.3 is 12.0 Å². The van der Waals surface area contributed by atoms with Crippen molar-refractivity contribution >= 4 is 5.97 Å². The van der Waals surface area contributed by atoms with Crippen LogP contribution in [0.4, 0.5) is 0 Å². The van der Waals surface area contributed by atoms with Crippen LogP contribution in [0.15, 0.2) is 66.7 Å². The van der Waals surface area contributed by atoms with Crippen molar-refractivity contribution in [3.63, 3.8) is 0 Å².